The van der Waals surface area contributed by atoms with Gasteiger partial charge in [0.1, 0.15) is 16.7 Å². The van der Waals surface area contributed by atoms with Crippen molar-refractivity contribution in [3.05, 3.63) is 57.4 Å². The molecule has 1 unspecified atom stereocenters. The third-order valence-electron chi connectivity index (χ3n) is 4.35. The van der Waals surface area contributed by atoms with Crippen LogP contribution in [0.15, 0.2) is 18.2 Å². The van der Waals surface area contributed by atoms with E-state index in [1.807, 2.05) is 6.92 Å². The van der Waals surface area contributed by atoms with E-state index in [1.54, 1.807) is 13.8 Å². The lowest BCUT2D eigenvalue weighted by Gasteiger charge is -2.18. The number of nitrogens with one attached hydrogen (secondary N) is 2. The van der Waals surface area contributed by atoms with Gasteiger partial charge in [-0.15, -0.1) is 11.3 Å². The number of carbonyl (C=O) groups is 2. The monoisotopic (exact) mass is 404 g/mol. The van der Waals surface area contributed by atoms with Gasteiger partial charge in [0.15, 0.2) is 11.6 Å². The molecule has 2 heterocycles. The minimum atomic E-state index is -1.17. The Morgan fingerprint density at radius 1 is 1.11 bits per heavy atom. The summed E-state index contributed by atoms with van der Waals surface area (Å²) in [7, 11) is 1.40. The minimum Gasteiger partial charge on any atom is -0.357 e. The zero-order chi connectivity index (χ0) is 20.6. The Hall–Kier alpha value is -2.94. The fourth-order valence-electron chi connectivity index (χ4n) is 3.02. The van der Waals surface area contributed by atoms with E-state index >= 15 is 0 Å². The first-order chi connectivity index (χ1) is 13.2. The maximum Gasteiger partial charge on any atom is 0.262 e. The molecule has 2 amide bonds. The summed E-state index contributed by atoms with van der Waals surface area (Å²) in [6, 6.07) is 1.90. The Labute approximate surface area is 164 Å². The van der Waals surface area contributed by atoms with Crippen LogP contribution < -0.4 is 10.6 Å². The van der Waals surface area contributed by atoms with Gasteiger partial charge in [-0.25, -0.2) is 18.7 Å². The molecule has 0 aliphatic rings. The normalized spacial score (nSPS) is 12.1. The molecule has 0 saturated heterocycles. The van der Waals surface area contributed by atoms with Crippen molar-refractivity contribution in [1.29, 1.82) is 0 Å². The van der Waals surface area contributed by atoms with Gasteiger partial charge in [0, 0.05) is 18.1 Å². The molecule has 0 radical (unpaired) electrons. The summed E-state index contributed by atoms with van der Waals surface area (Å²) in [6.45, 7) is 5.39. The summed E-state index contributed by atoms with van der Waals surface area (Å²) in [5.74, 6) is -2.58. The number of rotatable bonds is 4. The van der Waals surface area contributed by atoms with E-state index in [0.717, 1.165) is 23.2 Å². The third kappa shape index (κ3) is 3.57. The van der Waals surface area contributed by atoms with Gasteiger partial charge in [0.25, 0.3) is 5.91 Å². The second-order valence-electron chi connectivity index (χ2n) is 6.29. The maximum atomic E-state index is 13.6. The number of hydrogen-bond acceptors (Lipinski definition) is 5. The number of hydrogen-bond donors (Lipinski definition) is 2. The van der Waals surface area contributed by atoms with E-state index in [0.29, 0.717) is 21.1 Å². The Kier molecular flexibility index (Phi) is 5.37. The minimum absolute atomic E-state index is 0.136. The van der Waals surface area contributed by atoms with Crippen molar-refractivity contribution < 1.29 is 18.4 Å². The number of thiophene rings is 1. The van der Waals surface area contributed by atoms with E-state index in [4.69, 9.17) is 0 Å². The lowest BCUT2D eigenvalue weighted by molar-refractivity contribution is -0.122. The number of carbonyl (C=O) groups excluding carboxylic acids is 2. The first-order valence-corrected chi connectivity index (χ1v) is 9.26. The molecule has 0 fully saturated rings. The molecule has 0 spiro atoms. The van der Waals surface area contributed by atoms with E-state index in [-0.39, 0.29) is 5.56 Å². The highest BCUT2D eigenvalue weighted by Crippen LogP contribution is 2.31. The summed E-state index contributed by atoms with van der Waals surface area (Å²) in [4.78, 5) is 34.9. The molecule has 6 nitrogen and oxygen atoms in total. The van der Waals surface area contributed by atoms with Crippen LogP contribution in [0.3, 0.4) is 0 Å². The summed E-state index contributed by atoms with van der Waals surface area (Å²) >= 11 is 1.19. The van der Waals surface area contributed by atoms with Crippen LogP contribution >= 0.6 is 11.3 Å². The van der Waals surface area contributed by atoms with Gasteiger partial charge in [-0.2, -0.15) is 0 Å². The topological polar surface area (TPSA) is 84.0 Å². The van der Waals surface area contributed by atoms with Crippen LogP contribution in [-0.4, -0.2) is 28.8 Å². The second-order valence-corrected chi connectivity index (χ2v) is 7.29. The van der Waals surface area contributed by atoms with Crippen LogP contribution in [0.5, 0.6) is 0 Å². The number of aromatic nitrogens is 2. The predicted octanol–water partition coefficient (Wildman–Crippen LogP) is 3.11. The van der Waals surface area contributed by atoms with E-state index in [1.165, 1.54) is 24.5 Å². The molecule has 2 aromatic heterocycles. The van der Waals surface area contributed by atoms with E-state index in [2.05, 4.69) is 20.6 Å². The Balaban J connectivity index is 1.99. The van der Waals surface area contributed by atoms with Gasteiger partial charge in [-0.05, 0) is 44.0 Å². The lowest BCUT2D eigenvalue weighted by atomic mass is 10.1. The van der Waals surface area contributed by atoms with Gasteiger partial charge < -0.3 is 10.6 Å². The average molecular weight is 404 g/mol. The number of benzene rings is 1. The smallest absolute Gasteiger partial charge is 0.262 e. The SMILES string of the molecule is CNC(=O)C(NC(=O)c1sc2nc(C)nc(C)c2c1C)c1ccc(F)c(F)c1. The number of aryl methyl sites for hydroxylation is 3. The molecule has 3 aromatic rings. The molecule has 2 N–H and O–H groups in total. The van der Waals surface area contributed by atoms with Crippen molar-refractivity contribution in [2.75, 3.05) is 7.05 Å². The summed E-state index contributed by atoms with van der Waals surface area (Å²) in [5.41, 5.74) is 1.60. The molecule has 0 aliphatic heterocycles. The summed E-state index contributed by atoms with van der Waals surface area (Å²) in [6.07, 6.45) is 0. The maximum absolute atomic E-state index is 13.6. The molecule has 28 heavy (non-hydrogen) atoms. The van der Waals surface area contributed by atoms with Crippen molar-refractivity contribution in [3.8, 4) is 0 Å². The highest BCUT2D eigenvalue weighted by atomic mass is 32.1. The quantitative estimate of drug-likeness (QED) is 0.700. The van der Waals surface area contributed by atoms with Crippen LogP contribution in [0.25, 0.3) is 10.2 Å². The zero-order valence-electron chi connectivity index (χ0n) is 15.7. The molecule has 1 atom stereocenters. The Morgan fingerprint density at radius 3 is 2.46 bits per heavy atom. The standard InChI is InChI=1S/C19H18F2N4O2S/c1-8-14-9(2)23-10(3)24-19(14)28-16(8)18(27)25-15(17(26)22-4)11-5-6-12(20)13(21)7-11/h5-7,15H,1-4H3,(H,22,26)(H,25,27). The third-order valence-corrected chi connectivity index (χ3v) is 5.53. The van der Waals surface area contributed by atoms with Crippen LogP contribution in [-0.2, 0) is 4.79 Å². The number of halogens is 2. The number of fused-ring (bicyclic) bond motifs is 1. The highest BCUT2D eigenvalue weighted by Gasteiger charge is 2.26. The van der Waals surface area contributed by atoms with Crippen molar-refractivity contribution >= 4 is 33.4 Å². The number of amides is 2. The van der Waals surface area contributed by atoms with Gasteiger partial charge in [0.2, 0.25) is 5.91 Å². The van der Waals surface area contributed by atoms with E-state index < -0.39 is 29.5 Å². The fraction of sp³-hybridized carbons (Fsp3) is 0.263. The van der Waals surface area contributed by atoms with Crippen molar-refractivity contribution in [3.63, 3.8) is 0 Å². The molecule has 0 aliphatic carbocycles. The van der Waals surface area contributed by atoms with Crippen LogP contribution in [0.2, 0.25) is 0 Å². The van der Waals surface area contributed by atoms with Crippen molar-refractivity contribution in [1.82, 2.24) is 20.6 Å². The highest BCUT2D eigenvalue weighted by molar-refractivity contribution is 7.20. The lowest BCUT2D eigenvalue weighted by Crippen LogP contribution is -2.39. The van der Waals surface area contributed by atoms with Crippen LogP contribution in [0.1, 0.15) is 38.4 Å². The second kappa shape index (κ2) is 7.59. The van der Waals surface area contributed by atoms with E-state index in [9.17, 15) is 18.4 Å². The molecule has 1 aromatic carbocycles. The molecule has 3 rings (SSSR count). The van der Waals surface area contributed by atoms with Crippen molar-refractivity contribution in [2.45, 2.75) is 26.8 Å². The van der Waals surface area contributed by atoms with Crippen molar-refractivity contribution in [2.24, 2.45) is 0 Å². The van der Waals surface area contributed by atoms with Gasteiger partial charge in [-0.1, -0.05) is 6.07 Å². The molecular weight excluding hydrogens is 386 g/mol. The molecule has 9 heteroatoms. The van der Waals surface area contributed by atoms with Gasteiger partial charge in [0.05, 0.1) is 4.88 Å². The fourth-order valence-corrected chi connectivity index (χ4v) is 4.20. The average Bonchev–Trinajstić information content (AvgIpc) is 2.98. The zero-order valence-corrected chi connectivity index (χ0v) is 16.5. The first kappa shape index (κ1) is 19.8. The van der Waals surface area contributed by atoms with Crippen LogP contribution in [0.4, 0.5) is 8.78 Å². The van der Waals surface area contributed by atoms with Gasteiger partial charge >= 0.3 is 0 Å². The predicted molar refractivity (Wildman–Crippen MR) is 102 cm³/mol. The molecule has 0 bridgehead atoms. The Bertz CT molecular complexity index is 1100. The van der Waals surface area contributed by atoms with Crippen LogP contribution in [0, 0.1) is 32.4 Å². The molecule has 146 valence electrons. The Morgan fingerprint density at radius 2 is 1.82 bits per heavy atom. The first-order valence-electron chi connectivity index (χ1n) is 8.44. The molecular formula is C19H18F2N4O2S. The number of nitrogens with zero attached hydrogens (tertiary/aromatic N) is 2. The summed E-state index contributed by atoms with van der Waals surface area (Å²) in [5, 5.41) is 5.82. The number of likely N-dealkylation sites (N-methyl/N-ethyl adjacent to an activating group) is 1. The largest absolute Gasteiger partial charge is 0.357 e. The molecule has 0 saturated carbocycles. The summed E-state index contributed by atoms with van der Waals surface area (Å²) < 4.78 is 26.9. The van der Waals surface area contributed by atoms with Gasteiger partial charge in [-0.3, -0.25) is 9.59 Å².